The predicted octanol–water partition coefficient (Wildman–Crippen LogP) is 3.35. The van der Waals surface area contributed by atoms with Crippen LogP contribution in [-0.2, 0) is 6.54 Å². The van der Waals surface area contributed by atoms with Gasteiger partial charge in [0.2, 0.25) is 0 Å². The third kappa shape index (κ3) is 5.24. The summed E-state index contributed by atoms with van der Waals surface area (Å²) >= 11 is 0. The molecule has 0 saturated carbocycles. The molecule has 7 heteroatoms. The summed E-state index contributed by atoms with van der Waals surface area (Å²) in [5, 5.41) is 3.40. The highest BCUT2D eigenvalue weighted by Crippen LogP contribution is 2.20. The van der Waals surface area contributed by atoms with Crippen molar-refractivity contribution in [2.24, 2.45) is 4.99 Å². The summed E-state index contributed by atoms with van der Waals surface area (Å²) in [5.74, 6) is 1.54. The number of aliphatic imine (C=N–C) groups is 1. The molecule has 0 amide bonds. The second-order valence-electron chi connectivity index (χ2n) is 6.14. The van der Waals surface area contributed by atoms with E-state index in [1.54, 1.807) is 20.2 Å². The van der Waals surface area contributed by atoms with Crippen LogP contribution in [0.5, 0.6) is 5.75 Å². The van der Waals surface area contributed by atoms with Gasteiger partial charge in [0.15, 0.2) is 5.96 Å². The van der Waals surface area contributed by atoms with Gasteiger partial charge in [-0.3, -0.25) is 4.99 Å². The number of nitrogens with one attached hydrogen (secondary N) is 1. The van der Waals surface area contributed by atoms with E-state index in [0.717, 1.165) is 43.5 Å². The quantitative estimate of drug-likeness (QED) is 0.411. The Morgan fingerprint density at radius 1 is 1.07 bits per heavy atom. The molecule has 146 valence electrons. The minimum absolute atomic E-state index is 0. The molecular formula is C20H26FIN4O. The molecule has 3 rings (SSSR count). The zero-order valence-corrected chi connectivity index (χ0v) is 18.0. The lowest BCUT2D eigenvalue weighted by atomic mass is 10.2. The Balaban J connectivity index is 0.00000261. The maximum Gasteiger partial charge on any atom is 0.194 e. The molecule has 1 fully saturated rings. The molecule has 2 aromatic rings. The van der Waals surface area contributed by atoms with E-state index in [4.69, 9.17) is 4.74 Å². The maximum absolute atomic E-state index is 14.0. The minimum atomic E-state index is -0.167. The van der Waals surface area contributed by atoms with Crippen LogP contribution < -0.4 is 15.0 Å². The lowest BCUT2D eigenvalue weighted by Crippen LogP contribution is -2.52. The van der Waals surface area contributed by atoms with Crippen molar-refractivity contribution < 1.29 is 9.13 Å². The standard InChI is InChI=1S/C20H25FN4O.HI/c1-22-20(23-15-16-7-3-6-10-19(16)26-2)25-13-11-24(12-14-25)18-9-5-4-8-17(18)21;/h3-10H,11-15H2,1-2H3,(H,22,23);1H. The molecule has 1 aliphatic rings. The number of methoxy groups -OCH3 is 1. The van der Waals surface area contributed by atoms with Crippen molar-refractivity contribution >= 4 is 35.6 Å². The Morgan fingerprint density at radius 2 is 1.74 bits per heavy atom. The first-order valence-corrected chi connectivity index (χ1v) is 8.80. The second kappa shape index (κ2) is 10.3. The number of halogens is 2. The van der Waals surface area contributed by atoms with E-state index >= 15 is 0 Å². The van der Waals surface area contributed by atoms with Crippen molar-refractivity contribution in [1.29, 1.82) is 0 Å². The van der Waals surface area contributed by atoms with E-state index < -0.39 is 0 Å². The van der Waals surface area contributed by atoms with Crippen LogP contribution in [-0.4, -0.2) is 51.2 Å². The van der Waals surface area contributed by atoms with Crippen LogP contribution in [0.15, 0.2) is 53.5 Å². The Kier molecular flexibility index (Phi) is 8.15. The van der Waals surface area contributed by atoms with Crippen molar-refractivity contribution in [3.8, 4) is 5.75 Å². The van der Waals surface area contributed by atoms with Crippen molar-refractivity contribution in [1.82, 2.24) is 10.2 Å². The number of benzene rings is 2. The average molecular weight is 484 g/mol. The Labute approximate surface area is 177 Å². The zero-order valence-electron chi connectivity index (χ0n) is 15.7. The molecule has 5 nitrogen and oxygen atoms in total. The fraction of sp³-hybridized carbons (Fsp3) is 0.350. The molecule has 0 aromatic heterocycles. The monoisotopic (exact) mass is 484 g/mol. The van der Waals surface area contributed by atoms with E-state index in [1.807, 2.05) is 36.4 Å². The molecule has 0 unspecified atom stereocenters. The molecule has 0 bridgehead atoms. The first-order chi connectivity index (χ1) is 12.7. The Morgan fingerprint density at radius 3 is 2.41 bits per heavy atom. The van der Waals surface area contributed by atoms with Crippen LogP contribution >= 0.6 is 24.0 Å². The summed E-state index contributed by atoms with van der Waals surface area (Å²) < 4.78 is 19.4. The van der Waals surface area contributed by atoms with E-state index in [2.05, 4.69) is 20.1 Å². The van der Waals surface area contributed by atoms with Crippen LogP contribution in [0.2, 0.25) is 0 Å². The van der Waals surface area contributed by atoms with Gasteiger partial charge < -0.3 is 19.9 Å². The fourth-order valence-electron chi connectivity index (χ4n) is 3.22. The number of hydrogen-bond acceptors (Lipinski definition) is 3. The van der Waals surface area contributed by atoms with Gasteiger partial charge in [0.1, 0.15) is 11.6 Å². The predicted molar refractivity (Wildman–Crippen MR) is 119 cm³/mol. The molecule has 1 heterocycles. The van der Waals surface area contributed by atoms with Crippen LogP contribution in [0.1, 0.15) is 5.56 Å². The molecule has 0 spiro atoms. The van der Waals surface area contributed by atoms with Gasteiger partial charge in [-0.2, -0.15) is 0 Å². The minimum Gasteiger partial charge on any atom is -0.496 e. The summed E-state index contributed by atoms with van der Waals surface area (Å²) in [6.45, 7) is 3.75. The summed E-state index contributed by atoms with van der Waals surface area (Å²) in [7, 11) is 3.46. The third-order valence-corrected chi connectivity index (χ3v) is 4.61. The number of anilines is 1. The van der Waals surface area contributed by atoms with Crippen molar-refractivity contribution in [2.75, 3.05) is 45.2 Å². The van der Waals surface area contributed by atoms with Gasteiger partial charge >= 0.3 is 0 Å². The van der Waals surface area contributed by atoms with E-state index in [0.29, 0.717) is 12.2 Å². The molecule has 0 radical (unpaired) electrons. The van der Waals surface area contributed by atoms with Gasteiger partial charge in [-0.15, -0.1) is 24.0 Å². The number of piperazine rings is 1. The molecule has 1 N–H and O–H groups in total. The van der Waals surface area contributed by atoms with Gasteiger partial charge in [0.05, 0.1) is 12.8 Å². The zero-order chi connectivity index (χ0) is 18.4. The molecule has 0 atom stereocenters. The molecular weight excluding hydrogens is 458 g/mol. The third-order valence-electron chi connectivity index (χ3n) is 4.61. The van der Waals surface area contributed by atoms with Gasteiger partial charge in [0, 0.05) is 45.3 Å². The average Bonchev–Trinajstić information content (AvgIpc) is 2.70. The van der Waals surface area contributed by atoms with Gasteiger partial charge in [-0.25, -0.2) is 4.39 Å². The van der Waals surface area contributed by atoms with Gasteiger partial charge in [-0.05, 0) is 18.2 Å². The molecule has 1 aliphatic heterocycles. The lowest BCUT2D eigenvalue weighted by molar-refractivity contribution is 0.369. The first-order valence-electron chi connectivity index (χ1n) is 8.80. The molecule has 27 heavy (non-hydrogen) atoms. The van der Waals surface area contributed by atoms with Crippen LogP contribution in [0, 0.1) is 5.82 Å². The number of para-hydroxylation sites is 2. The highest BCUT2D eigenvalue weighted by molar-refractivity contribution is 14.0. The number of hydrogen-bond donors (Lipinski definition) is 1. The van der Waals surface area contributed by atoms with E-state index in [9.17, 15) is 4.39 Å². The Bertz CT molecular complexity index is 763. The number of nitrogens with zero attached hydrogens (tertiary/aromatic N) is 3. The number of rotatable bonds is 4. The Hall–Kier alpha value is -2.03. The normalized spacial score (nSPS) is 14.6. The van der Waals surface area contributed by atoms with Gasteiger partial charge in [-0.1, -0.05) is 30.3 Å². The largest absolute Gasteiger partial charge is 0.496 e. The number of ether oxygens (including phenoxy) is 1. The topological polar surface area (TPSA) is 40.1 Å². The summed E-state index contributed by atoms with van der Waals surface area (Å²) in [6, 6.07) is 14.9. The van der Waals surface area contributed by atoms with Crippen LogP contribution in [0.25, 0.3) is 0 Å². The van der Waals surface area contributed by atoms with Crippen LogP contribution in [0.4, 0.5) is 10.1 Å². The number of guanidine groups is 1. The molecule has 2 aromatic carbocycles. The first kappa shape index (κ1) is 21.3. The second-order valence-corrected chi connectivity index (χ2v) is 6.14. The fourth-order valence-corrected chi connectivity index (χ4v) is 3.22. The highest BCUT2D eigenvalue weighted by atomic mass is 127. The maximum atomic E-state index is 14.0. The smallest absolute Gasteiger partial charge is 0.194 e. The lowest BCUT2D eigenvalue weighted by Gasteiger charge is -2.37. The highest BCUT2D eigenvalue weighted by Gasteiger charge is 2.21. The summed E-state index contributed by atoms with van der Waals surface area (Å²) in [6.07, 6.45) is 0. The SMILES string of the molecule is CN=C(NCc1ccccc1OC)N1CCN(c2ccccc2F)CC1.I. The van der Waals surface area contributed by atoms with E-state index in [-0.39, 0.29) is 29.8 Å². The summed E-state index contributed by atoms with van der Waals surface area (Å²) in [5.41, 5.74) is 1.75. The van der Waals surface area contributed by atoms with Crippen molar-refractivity contribution in [2.45, 2.75) is 6.54 Å². The van der Waals surface area contributed by atoms with Crippen molar-refractivity contribution in [3.63, 3.8) is 0 Å². The van der Waals surface area contributed by atoms with Crippen LogP contribution in [0.3, 0.4) is 0 Å². The van der Waals surface area contributed by atoms with E-state index in [1.165, 1.54) is 6.07 Å². The molecule has 1 saturated heterocycles. The summed E-state index contributed by atoms with van der Waals surface area (Å²) in [4.78, 5) is 8.68. The van der Waals surface area contributed by atoms with Crippen molar-refractivity contribution in [3.05, 3.63) is 59.9 Å². The molecule has 0 aliphatic carbocycles. The van der Waals surface area contributed by atoms with Gasteiger partial charge in [0.25, 0.3) is 0 Å².